The van der Waals surface area contributed by atoms with E-state index in [0.717, 1.165) is 17.7 Å². The first kappa shape index (κ1) is 24.1. The van der Waals surface area contributed by atoms with Gasteiger partial charge in [-0.05, 0) is 67.4 Å². The van der Waals surface area contributed by atoms with Gasteiger partial charge in [-0.15, -0.1) is 0 Å². The van der Waals surface area contributed by atoms with Gasteiger partial charge in [0, 0.05) is 16.8 Å². The molecule has 2 amide bonds. The maximum absolute atomic E-state index is 12.5. The summed E-state index contributed by atoms with van der Waals surface area (Å²) >= 11 is 0. The molecule has 3 aromatic rings. The van der Waals surface area contributed by atoms with Gasteiger partial charge in [0.1, 0.15) is 5.75 Å². The number of amides is 2. The molecule has 0 aliphatic carbocycles. The quantitative estimate of drug-likeness (QED) is 0.337. The molecule has 0 saturated carbocycles. The fourth-order valence-corrected chi connectivity index (χ4v) is 3.43. The Morgan fingerprint density at radius 2 is 1.42 bits per heavy atom. The van der Waals surface area contributed by atoms with Crippen LogP contribution in [0.5, 0.6) is 5.75 Å². The molecule has 172 valence electrons. The molecule has 0 heterocycles. The van der Waals surface area contributed by atoms with E-state index in [2.05, 4.69) is 17.6 Å². The molecular weight excluding hydrogens is 412 g/mol. The molecule has 0 spiro atoms. The van der Waals surface area contributed by atoms with Gasteiger partial charge in [-0.1, -0.05) is 56.5 Å². The Labute approximate surface area is 196 Å². The van der Waals surface area contributed by atoms with Crippen molar-refractivity contribution in [1.82, 2.24) is 5.32 Å². The van der Waals surface area contributed by atoms with Crippen molar-refractivity contribution in [1.29, 1.82) is 0 Å². The Hall–Kier alpha value is -3.60. The summed E-state index contributed by atoms with van der Waals surface area (Å²) in [6, 6.07) is 23.7. The second-order valence-electron chi connectivity index (χ2n) is 8.07. The van der Waals surface area contributed by atoms with Crippen LogP contribution >= 0.6 is 0 Å². The molecule has 1 unspecified atom stereocenters. The predicted octanol–water partition coefficient (Wildman–Crippen LogP) is 6.39. The van der Waals surface area contributed by atoms with Gasteiger partial charge in [-0.3, -0.25) is 9.59 Å². The molecule has 0 aromatic heterocycles. The molecule has 0 radical (unpaired) electrons. The first-order valence-electron chi connectivity index (χ1n) is 11.6. The SMILES string of the molecule is CCCCCCOc1ccc(C(=O)Nc2ccc(C(=O)NC(C)c3ccccc3)cc2)cc1. The summed E-state index contributed by atoms with van der Waals surface area (Å²) in [6.45, 7) is 4.82. The van der Waals surface area contributed by atoms with Crippen LogP contribution in [0.4, 0.5) is 5.69 Å². The van der Waals surface area contributed by atoms with Gasteiger partial charge in [0.15, 0.2) is 0 Å². The molecule has 0 bridgehead atoms. The zero-order chi connectivity index (χ0) is 23.5. The van der Waals surface area contributed by atoms with Crippen LogP contribution in [0.15, 0.2) is 78.9 Å². The maximum Gasteiger partial charge on any atom is 0.255 e. The summed E-state index contributed by atoms with van der Waals surface area (Å²) in [5.41, 5.74) is 2.76. The van der Waals surface area contributed by atoms with E-state index in [9.17, 15) is 9.59 Å². The molecule has 5 nitrogen and oxygen atoms in total. The van der Waals surface area contributed by atoms with Crippen LogP contribution < -0.4 is 15.4 Å². The summed E-state index contributed by atoms with van der Waals surface area (Å²) in [5, 5.41) is 5.86. The third-order valence-electron chi connectivity index (χ3n) is 5.44. The molecule has 33 heavy (non-hydrogen) atoms. The highest BCUT2D eigenvalue weighted by atomic mass is 16.5. The second kappa shape index (κ2) is 12.4. The van der Waals surface area contributed by atoms with E-state index in [-0.39, 0.29) is 17.9 Å². The van der Waals surface area contributed by atoms with Crippen molar-refractivity contribution < 1.29 is 14.3 Å². The van der Waals surface area contributed by atoms with E-state index < -0.39 is 0 Å². The number of carbonyl (C=O) groups excluding carboxylic acids is 2. The second-order valence-corrected chi connectivity index (χ2v) is 8.07. The van der Waals surface area contributed by atoms with E-state index in [0.29, 0.717) is 23.4 Å². The monoisotopic (exact) mass is 444 g/mol. The van der Waals surface area contributed by atoms with Crippen LogP contribution in [0.3, 0.4) is 0 Å². The minimum absolute atomic E-state index is 0.0960. The number of hydrogen-bond donors (Lipinski definition) is 2. The Bertz CT molecular complexity index is 1020. The molecule has 5 heteroatoms. The number of nitrogens with one attached hydrogen (secondary N) is 2. The van der Waals surface area contributed by atoms with E-state index >= 15 is 0 Å². The van der Waals surface area contributed by atoms with E-state index in [1.165, 1.54) is 19.3 Å². The molecule has 2 N–H and O–H groups in total. The standard InChI is InChI=1S/C28H32N2O3/c1-3-4-5-9-20-33-26-18-14-24(15-19-26)28(32)30-25-16-12-23(13-17-25)27(31)29-21(2)22-10-7-6-8-11-22/h6-8,10-19,21H,3-5,9,20H2,1-2H3,(H,29,31)(H,30,32). The Morgan fingerprint density at radius 1 is 0.788 bits per heavy atom. The van der Waals surface area contributed by atoms with Gasteiger partial charge in [-0.2, -0.15) is 0 Å². The normalized spacial score (nSPS) is 11.5. The molecule has 0 aliphatic heterocycles. The smallest absolute Gasteiger partial charge is 0.255 e. The van der Waals surface area contributed by atoms with E-state index in [1.54, 1.807) is 36.4 Å². The number of unbranched alkanes of at least 4 members (excludes halogenated alkanes) is 3. The average molecular weight is 445 g/mol. The summed E-state index contributed by atoms with van der Waals surface area (Å²) in [5.74, 6) is 0.400. The Balaban J connectivity index is 1.49. The van der Waals surface area contributed by atoms with Crippen LogP contribution in [-0.2, 0) is 0 Å². The average Bonchev–Trinajstić information content (AvgIpc) is 2.85. The lowest BCUT2D eigenvalue weighted by atomic mass is 10.1. The van der Waals surface area contributed by atoms with Gasteiger partial charge in [0.2, 0.25) is 0 Å². The fourth-order valence-electron chi connectivity index (χ4n) is 3.43. The number of benzene rings is 3. The fraction of sp³-hybridized carbons (Fsp3) is 0.286. The van der Waals surface area contributed by atoms with E-state index in [1.807, 2.05) is 49.4 Å². The molecule has 0 saturated heterocycles. The molecule has 0 aliphatic rings. The predicted molar refractivity (Wildman–Crippen MR) is 133 cm³/mol. The summed E-state index contributed by atoms with van der Waals surface area (Å²) in [7, 11) is 0. The molecule has 1 atom stereocenters. The largest absolute Gasteiger partial charge is 0.494 e. The van der Waals surface area contributed by atoms with Crippen molar-refractivity contribution in [2.75, 3.05) is 11.9 Å². The summed E-state index contributed by atoms with van der Waals surface area (Å²) in [6.07, 6.45) is 4.63. The van der Waals surface area contributed by atoms with Crippen molar-refractivity contribution in [3.8, 4) is 5.75 Å². The molecule has 3 aromatic carbocycles. The first-order chi connectivity index (χ1) is 16.1. The maximum atomic E-state index is 12.5. The van der Waals surface area contributed by atoms with Crippen LogP contribution in [0.1, 0.15) is 71.9 Å². The number of ether oxygens (including phenoxy) is 1. The molecule has 3 rings (SSSR count). The van der Waals surface area contributed by atoms with Crippen molar-refractivity contribution in [2.24, 2.45) is 0 Å². The minimum atomic E-state index is -0.209. The lowest BCUT2D eigenvalue weighted by molar-refractivity contribution is 0.0939. The molecule has 0 fully saturated rings. The highest BCUT2D eigenvalue weighted by molar-refractivity contribution is 6.04. The number of anilines is 1. The lowest BCUT2D eigenvalue weighted by Gasteiger charge is -2.14. The lowest BCUT2D eigenvalue weighted by Crippen LogP contribution is -2.26. The third kappa shape index (κ3) is 7.49. The molecular formula is C28H32N2O3. The van der Waals surface area contributed by atoms with Gasteiger partial charge in [-0.25, -0.2) is 0 Å². The van der Waals surface area contributed by atoms with Gasteiger partial charge in [0.25, 0.3) is 11.8 Å². The number of hydrogen-bond acceptors (Lipinski definition) is 3. The van der Waals surface area contributed by atoms with E-state index in [4.69, 9.17) is 4.74 Å². The highest BCUT2D eigenvalue weighted by Crippen LogP contribution is 2.17. The van der Waals surface area contributed by atoms with Gasteiger partial charge >= 0.3 is 0 Å². The summed E-state index contributed by atoms with van der Waals surface area (Å²) < 4.78 is 5.73. The van der Waals surface area contributed by atoms with Crippen molar-refractivity contribution in [3.63, 3.8) is 0 Å². The minimum Gasteiger partial charge on any atom is -0.494 e. The number of rotatable bonds is 11. The van der Waals surface area contributed by atoms with Crippen LogP contribution in [0.25, 0.3) is 0 Å². The topological polar surface area (TPSA) is 67.4 Å². The highest BCUT2D eigenvalue weighted by Gasteiger charge is 2.12. The van der Waals surface area contributed by atoms with Crippen LogP contribution in [-0.4, -0.2) is 18.4 Å². The zero-order valence-electron chi connectivity index (χ0n) is 19.3. The van der Waals surface area contributed by atoms with Crippen molar-refractivity contribution in [2.45, 2.75) is 45.6 Å². The number of carbonyl (C=O) groups is 2. The Kier molecular flexibility index (Phi) is 9.07. The van der Waals surface area contributed by atoms with Crippen molar-refractivity contribution >= 4 is 17.5 Å². The zero-order valence-corrected chi connectivity index (χ0v) is 19.3. The van der Waals surface area contributed by atoms with Crippen molar-refractivity contribution in [3.05, 3.63) is 95.6 Å². The third-order valence-corrected chi connectivity index (χ3v) is 5.44. The van der Waals surface area contributed by atoms with Gasteiger partial charge in [0.05, 0.1) is 12.6 Å². The first-order valence-corrected chi connectivity index (χ1v) is 11.6. The van der Waals surface area contributed by atoms with Crippen LogP contribution in [0.2, 0.25) is 0 Å². The van der Waals surface area contributed by atoms with Crippen LogP contribution in [0, 0.1) is 0 Å². The Morgan fingerprint density at radius 3 is 2.09 bits per heavy atom. The summed E-state index contributed by atoms with van der Waals surface area (Å²) in [4.78, 5) is 25.1. The van der Waals surface area contributed by atoms with Gasteiger partial charge < -0.3 is 15.4 Å².